The van der Waals surface area contributed by atoms with Crippen molar-refractivity contribution in [3.05, 3.63) is 47.5 Å². The van der Waals surface area contributed by atoms with Crippen LogP contribution in [0.4, 0.5) is 4.79 Å². The quantitative estimate of drug-likeness (QED) is 0.747. The van der Waals surface area contributed by atoms with Crippen LogP contribution in [0.3, 0.4) is 0 Å². The van der Waals surface area contributed by atoms with Gasteiger partial charge in [0.05, 0.1) is 11.2 Å². The van der Waals surface area contributed by atoms with Gasteiger partial charge in [-0.3, -0.25) is 9.67 Å². The number of aromatic nitrogens is 3. The first kappa shape index (κ1) is 18.7. The van der Waals surface area contributed by atoms with Crippen LogP contribution in [0.15, 0.2) is 36.9 Å². The SMILES string of the molecule is O=C(NCCCn1cc(Cl)cn1)N(Cc1cccnc1)C1CCCCC1. The number of carbonyl (C=O) groups is 1. The van der Waals surface area contributed by atoms with E-state index in [9.17, 15) is 4.79 Å². The number of nitrogens with zero attached hydrogens (tertiary/aromatic N) is 4. The van der Waals surface area contributed by atoms with Gasteiger partial charge in [-0.05, 0) is 30.9 Å². The molecule has 7 heteroatoms. The van der Waals surface area contributed by atoms with Gasteiger partial charge in [0.1, 0.15) is 0 Å². The number of nitrogens with one attached hydrogen (secondary N) is 1. The number of pyridine rings is 1. The molecule has 1 N–H and O–H groups in total. The van der Waals surface area contributed by atoms with Crippen molar-refractivity contribution in [1.29, 1.82) is 0 Å². The molecule has 0 bridgehead atoms. The van der Waals surface area contributed by atoms with E-state index in [4.69, 9.17) is 11.6 Å². The number of aryl methyl sites for hydroxylation is 1. The fourth-order valence-corrected chi connectivity index (χ4v) is 3.60. The molecule has 2 aromatic rings. The molecule has 3 rings (SSSR count). The molecule has 0 aromatic carbocycles. The first-order valence-corrected chi connectivity index (χ1v) is 9.71. The fourth-order valence-electron chi connectivity index (χ4n) is 3.45. The largest absolute Gasteiger partial charge is 0.338 e. The summed E-state index contributed by atoms with van der Waals surface area (Å²) >= 11 is 5.86. The molecule has 0 spiro atoms. The molecule has 1 fully saturated rings. The molecule has 0 aliphatic heterocycles. The molecular formula is C19H26ClN5O. The molecule has 0 radical (unpaired) electrons. The van der Waals surface area contributed by atoms with Crippen molar-refractivity contribution in [3.8, 4) is 0 Å². The summed E-state index contributed by atoms with van der Waals surface area (Å²) in [5.74, 6) is 0. The third-order valence-electron chi connectivity index (χ3n) is 4.79. The van der Waals surface area contributed by atoms with Gasteiger partial charge in [-0.2, -0.15) is 5.10 Å². The van der Waals surface area contributed by atoms with Crippen molar-refractivity contribution in [2.24, 2.45) is 0 Å². The Morgan fingerprint density at radius 1 is 1.31 bits per heavy atom. The van der Waals surface area contributed by atoms with Gasteiger partial charge in [-0.1, -0.05) is 36.9 Å². The van der Waals surface area contributed by atoms with Crippen molar-refractivity contribution in [2.75, 3.05) is 6.54 Å². The van der Waals surface area contributed by atoms with E-state index in [1.54, 1.807) is 23.3 Å². The van der Waals surface area contributed by atoms with Crippen LogP contribution in [-0.4, -0.2) is 38.3 Å². The van der Waals surface area contributed by atoms with E-state index in [0.717, 1.165) is 31.4 Å². The lowest BCUT2D eigenvalue weighted by molar-refractivity contribution is 0.150. The maximum Gasteiger partial charge on any atom is 0.317 e. The standard InChI is InChI=1S/C19H26ClN5O/c20-17-13-23-24(15-17)11-5-10-22-19(26)25(18-7-2-1-3-8-18)14-16-6-4-9-21-12-16/h4,6,9,12-13,15,18H,1-3,5,7-8,10-11,14H2,(H,22,26). The minimum absolute atomic E-state index is 0.0132. The summed E-state index contributed by atoms with van der Waals surface area (Å²) in [6, 6.07) is 4.27. The minimum atomic E-state index is 0.0132. The van der Waals surface area contributed by atoms with Crippen LogP contribution in [0.5, 0.6) is 0 Å². The summed E-state index contributed by atoms with van der Waals surface area (Å²) in [5, 5.41) is 7.85. The summed E-state index contributed by atoms with van der Waals surface area (Å²) in [4.78, 5) is 19.0. The maximum absolute atomic E-state index is 12.8. The van der Waals surface area contributed by atoms with Crippen LogP contribution in [0, 0.1) is 0 Å². The maximum atomic E-state index is 12.8. The number of amides is 2. The summed E-state index contributed by atoms with van der Waals surface area (Å²) in [7, 11) is 0. The second-order valence-electron chi connectivity index (χ2n) is 6.79. The smallest absolute Gasteiger partial charge is 0.317 e. The number of urea groups is 1. The van der Waals surface area contributed by atoms with Gasteiger partial charge in [0, 0.05) is 44.3 Å². The number of hydrogen-bond acceptors (Lipinski definition) is 3. The Kier molecular flexibility index (Phi) is 6.89. The Labute approximate surface area is 159 Å². The van der Waals surface area contributed by atoms with Gasteiger partial charge in [0.15, 0.2) is 0 Å². The Morgan fingerprint density at radius 2 is 2.15 bits per heavy atom. The van der Waals surface area contributed by atoms with Crippen LogP contribution in [0.25, 0.3) is 0 Å². The molecule has 0 unspecified atom stereocenters. The van der Waals surface area contributed by atoms with Gasteiger partial charge in [0.2, 0.25) is 0 Å². The molecule has 1 aliphatic rings. The highest BCUT2D eigenvalue weighted by molar-refractivity contribution is 6.30. The van der Waals surface area contributed by atoms with Crippen LogP contribution in [-0.2, 0) is 13.1 Å². The monoisotopic (exact) mass is 375 g/mol. The average Bonchev–Trinajstić information content (AvgIpc) is 3.10. The van der Waals surface area contributed by atoms with Crippen LogP contribution in [0.2, 0.25) is 5.02 Å². The van der Waals surface area contributed by atoms with Gasteiger partial charge in [-0.15, -0.1) is 0 Å². The highest BCUT2D eigenvalue weighted by atomic mass is 35.5. The second-order valence-corrected chi connectivity index (χ2v) is 7.22. The highest BCUT2D eigenvalue weighted by Gasteiger charge is 2.25. The molecule has 1 saturated carbocycles. The average molecular weight is 376 g/mol. The van der Waals surface area contributed by atoms with E-state index >= 15 is 0 Å². The summed E-state index contributed by atoms with van der Waals surface area (Å²) in [6.45, 7) is 1.96. The summed E-state index contributed by atoms with van der Waals surface area (Å²) < 4.78 is 1.79. The highest BCUT2D eigenvalue weighted by Crippen LogP contribution is 2.24. The molecule has 2 amide bonds. The molecule has 6 nitrogen and oxygen atoms in total. The van der Waals surface area contributed by atoms with E-state index < -0.39 is 0 Å². The molecule has 0 saturated heterocycles. The van der Waals surface area contributed by atoms with Crippen LogP contribution in [0.1, 0.15) is 44.1 Å². The molecule has 26 heavy (non-hydrogen) atoms. The van der Waals surface area contributed by atoms with Crippen molar-refractivity contribution in [3.63, 3.8) is 0 Å². The second kappa shape index (κ2) is 9.57. The fraction of sp³-hybridized carbons (Fsp3) is 0.526. The van der Waals surface area contributed by atoms with E-state index in [0.29, 0.717) is 24.2 Å². The van der Waals surface area contributed by atoms with Crippen molar-refractivity contribution in [1.82, 2.24) is 25.0 Å². The Balaban J connectivity index is 1.53. The lowest BCUT2D eigenvalue weighted by atomic mass is 9.94. The normalized spacial score (nSPS) is 15.0. The van der Waals surface area contributed by atoms with E-state index in [2.05, 4.69) is 15.4 Å². The zero-order chi connectivity index (χ0) is 18.2. The lowest BCUT2D eigenvalue weighted by Gasteiger charge is -2.34. The van der Waals surface area contributed by atoms with Crippen molar-refractivity contribution in [2.45, 2.75) is 57.7 Å². The lowest BCUT2D eigenvalue weighted by Crippen LogP contribution is -2.46. The molecular weight excluding hydrogens is 350 g/mol. The molecule has 2 heterocycles. The van der Waals surface area contributed by atoms with E-state index in [1.807, 2.05) is 23.2 Å². The minimum Gasteiger partial charge on any atom is -0.338 e. The Bertz CT molecular complexity index is 684. The third kappa shape index (κ3) is 5.46. The number of rotatable bonds is 7. The van der Waals surface area contributed by atoms with Crippen molar-refractivity contribution < 1.29 is 4.79 Å². The van der Waals surface area contributed by atoms with Gasteiger partial charge >= 0.3 is 6.03 Å². The molecule has 2 aromatic heterocycles. The molecule has 140 valence electrons. The zero-order valence-corrected chi connectivity index (χ0v) is 15.7. The number of carbonyl (C=O) groups excluding carboxylic acids is 1. The van der Waals surface area contributed by atoms with Gasteiger partial charge < -0.3 is 10.2 Å². The molecule has 0 atom stereocenters. The van der Waals surface area contributed by atoms with E-state index in [-0.39, 0.29) is 6.03 Å². The summed E-state index contributed by atoms with van der Waals surface area (Å²) in [6.07, 6.45) is 13.7. The topological polar surface area (TPSA) is 63.1 Å². The first-order valence-electron chi connectivity index (χ1n) is 9.34. The van der Waals surface area contributed by atoms with Gasteiger partial charge in [-0.25, -0.2) is 4.79 Å². The number of hydrogen-bond donors (Lipinski definition) is 1. The van der Waals surface area contributed by atoms with E-state index in [1.165, 1.54) is 19.3 Å². The zero-order valence-electron chi connectivity index (χ0n) is 15.0. The third-order valence-corrected chi connectivity index (χ3v) is 4.99. The van der Waals surface area contributed by atoms with Crippen LogP contribution >= 0.6 is 11.6 Å². The molecule has 1 aliphatic carbocycles. The predicted molar refractivity (Wildman–Crippen MR) is 102 cm³/mol. The van der Waals surface area contributed by atoms with Crippen molar-refractivity contribution >= 4 is 17.6 Å². The predicted octanol–water partition coefficient (Wildman–Crippen LogP) is 3.87. The Morgan fingerprint density at radius 3 is 2.85 bits per heavy atom. The Hall–Kier alpha value is -2.08. The first-order chi connectivity index (χ1) is 12.7. The van der Waals surface area contributed by atoms with Gasteiger partial charge in [0.25, 0.3) is 0 Å². The number of halogens is 1. The van der Waals surface area contributed by atoms with Crippen LogP contribution < -0.4 is 5.32 Å². The summed E-state index contributed by atoms with van der Waals surface area (Å²) in [5.41, 5.74) is 1.07.